The van der Waals surface area contributed by atoms with E-state index in [9.17, 15) is 4.79 Å². The van der Waals surface area contributed by atoms with E-state index in [4.69, 9.17) is 4.74 Å². The Kier molecular flexibility index (Phi) is 6.25. The van der Waals surface area contributed by atoms with Gasteiger partial charge in [0.15, 0.2) is 0 Å². The molecule has 122 valence electrons. The molecular weight excluding hydrogens is 276 g/mol. The first-order chi connectivity index (χ1) is 10.5. The second-order valence-electron chi connectivity index (χ2n) is 6.54. The van der Waals surface area contributed by atoms with Gasteiger partial charge in [-0.25, -0.2) is 0 Å². The lowest BCUT2D eigenvalue weighted by atomic mass is 9.93. The molecule has 0 aromatic heterocycles. The zero-order valence-electron chi connectivity index (χ0n) is 14.0. The van der Waals surface area contributed by atoms with Gasteiger partial charge >= 0.3 is 0 Å². The molecule has 1 N–H and O–H groups in total. The van der Waals surface area contributed by atoms with Gasteiger partial charge in [0.05, 0.1) is 6.10 Å². The first-order valence-corrected chi connectivity index (χ1v) is 8.24. The lowest BCUT2D eigenvalue weighted by Gasteiger charge is -2.28. The maximum atomic E-state index is 12.0. The average Bonchev–Trinajstić information content (AvgIpc) is 2.48. The molecule has 1 fully saturated rings. The summed E-state index contributed by atoms with van der Waals surface area (Å²) in [5.41, 5.74) is 1.10. The Morgan fingerprint density at radius 2 is 1.91 bits per heavy atom. The van der Waals surface area contributed by atoms with Crippen LogP contribution in [0.5, 0.6) is 5.75 Å². The molecule has 0 unspecified atom stereocenters. The molecule has 1 aromatic carbocycles. The van der Waals surface area contributed by atoms with Gasteiger partial charge in [-0.15, -0.1) is 0 Å². The largest absolute Gasteiger partial charge is 0.491 e. The van der Waals surface area contributed by atoms with Crippen molar-refractivity contribution in [3.05, 3.63) is 29.8 Å². The lowest BCUT2D eigenvalue weighted by Crippen LogP contribution is -2.33. The van der Waals surface area contributed by atoms with E-state index < -0.39 is 0 Å². The van der Waals surface area contributed by atoms with Crippen molar-refractivity contribution >= 4 is 5.91 Å². The molecule has 0 spiro atoms. The topological polar surface area (TPSA) is 41.6 Å². The number of benzene rings is 1. The quantitative estimate of drug-likeness (QED) is 0.878. The van der Waals surface area contributed by atoms with Crippen molar-refractivity contribution in [2.24, 2.45) is 5.92 Å². The third-order valence-electron chi connectivity index (χ3n) is 4.10. The van der Waals surface area contributed by atoms with Gasteiger partial charge in [-0.1, -0.05) is 12.1 Å². The highest BCUT2D eigenvalue weighted by Crippen LogP contribution is 2.19. The van der Waals surface area contributed by atoms with Crippen molar-refractivity contribution < 1.29 is 9.53 Å². The Hall–Kier alpha value is -1.55. The zero-order valence-corrected chi connectivity index (χ0v) is 14.0. The SMILES string of the molecule is CC(C)Oc1ccc(CNC(=O)CC2CCN(C)CC2)cc1. The summed E-state index contributed by atoms with van der Waals surface area (Å²) in [6.07, 6.45) is 3.10. The van der Waals surface area contributed by atoms with Gasteiger partial charge in [0.2, 0.25) is 5.91 Å². The summed E-state index contributed by atoms with van der Waals surface area (Å²) in [6.45, 7) is 6.83. The monoisotopic (exact) mass is 304 g/mol. The predicted molar refractivity (Wildman–Crippen MR) is 88.9 cm³/mol. The second-order valence-corrected chi connectivity index (χ2v) is 6.54. The summed E-state index contributed by atoms with van der Waals surface area (Å²) in [6, 6.07) is 7.93. The number of amides is 1. The van der Waals surface area contributed by atoms with Crippen LogP contribution in [-0.2, 0) is 11.3 Å². The number of carbonyl (C=O) groups excluding carboxylic acids is 1. The molecule has 1 aliphatic rings. The number of likely N-dealkylation sites (tertiary alicyclic amines) is 1. The molecule has 0 radical (unpaired) electrons. The molecule has 22 heavy (non-hydrogen) atoms. The standard InChI is InChI=1S/C18H28N2O2/c1-14(2)22-17-6-4-16(5-7-17)13-19-18(21)12-15-8-10-20(3)11-9-15/h4-7,14-15H,8-13H2,1-3H3,(H,19,21). The van der Waals surface area contributed by atoms with Crippen molar-refractivity contribution in [1.29, 1.82) is 0 Å². The summed E-state index contributed by atoms with van der Waals surface area (Å²) >= 11 is 0. The van der Waals surface area contributed by atoms with Crippen LogP contribution in [0, 0.1) is 5.92 Å². The highest BCUT2D eigenvalue weighted by Gasteiger charge is 2.19. The molecule has 4 nitrogen and oxygen atoms in total. The fraction of sp³-hybridized carbons (Fsp3) is 0.611. The van der Waals surface area contributed by atoms with Crippen molar-refractivity contribution in [3.63, 3.8) is 0 Å². The Bertz CT molecular complexity index is 462. The van der Waals surface area contributed by atoms with Crippen LogP contribution in [0.4, 0.5) is 0 Å². The van der Waals surface area contributed by atoms with Crippen LogP contribution in [-0.4, -0.2) is 37.0 Å². The van der Waals surface area contributed by atoms with Crippen molar-refractivity contribution in [1.82, 2.24) is 10.2 Å². The zero-order chi connectivity index (χ0) is 15.9. The van der Waals surface area contributed by atoms with Gasteiger partial charge < -0.3 is 15.0 Å². The summed E-state index contributed by atoms with van der Waals surface area (Å²) < 4.78 is 5.61. The number of hydrogen-bond donors (Lipinski definition) is 1. The minimum atomic E-state index is 0.164. The number of ether oxygens (including phenoxy) is 1. The molecule has 1 aromatic rings. The van der Waals surface area contributed by atoms with E-state index in [1.54, 1.807) is 0 Å². The molecule has 0 aliphatic carbocycles. The van der Waals surface area contributed by atoms with Gasteiger partial charge in [0.1, 0.15) is 5.75 Å². The Labute approximate surface area is 133 Å². The molecule has 0 bridgehead atoms. The van der Waals surface area contributed by atoms with Crippen LogP contribution in [0.1, 0.15) is 38.7 Å². The minimum Gasteiger partial charge on any atom is -0.491 e. The number of nitrogens with one attached hydrogen (secondary N) is 1. The maximum Gasteiger partial charge on any atom is 0.220 e. The summed E-state index contributed by atoms with van der Waals surface area (Å²) in [5, 5.41) is 3.02. The lowest BCUT2D eigenvalue weighted by molar-refractivity contribution is -0.122. The van der Waals surface area contributed by atoms with E-state index >= 15 is 0 Å². The first-order valence-electron chi connectivity index (χ1n) is 8.24. The smallest absolute Gasteiger partial charge is 0.220 e. The van der Waals surface area contributed by atoms with Crippen LogP contribution in [0.2, 0.25) is 0 Å². The molecule has 1 heterocycles. The van der Waals surface area contributed by atoms with E-state index in [1.807, 2.05) is 38.1 Å². The maximum absolute atomic E-state index is 12.0. The molecule has 1 saturated heterocycles. The number of piperidine rings is 1. The summed E-state index contributed by atoms with van der Waals surface area (Å²) in [4.78, 5) is 14.4. The van der Waals surface area contributed by atoms with Crippen LogP contribution in [0.25, 0.3) is 0 Å². The second kappa shape index (κ2) is 8.18. The first kappa shape index (κ1) is 16.8. The van der Waals surface area contributed by atoms with Gasteiger partial charge in [0.25, 0.3) is 0 Å². The highest BCUT2D eigenvalue weighted by atomic mass is 16.5. The minimum absolute atomic E-state index is 0.164. The van der Waals surface area contributed by atoms with Crippen LogP contribution in [0.15, 0.2) is 24.3 Å². The number of rotatable bonds is 6. The van der Waals surface area contributed by atoms with Crippen LogP contribution >= 0.6 is 0 Å². The molecule has 1 aliphatic heterocycles. The molecular formula is C18H28N2O2. The summed E-state index contributed by atoms with van der Waals surface area (Å²) in [7, 11) is 2.14. The molecule has 0 saturated carbocycles. The van der Waals surface area contributed by atoms with Crippen molar-refractivity contribution in [3.8, 4) is 5.75 Å². The fourth-order valence-corrected chi connectivity index (χ4v) is 2.76. The number of hydrogen-bond acceptors (Lipinski definition) is 3. The third-order valence-corrected chi connectivity index (χ3v) is 4.10. The molecule has 0 atom stereocenters. The molecule has 2 rings (SSSR count). The van der Waals surface area contributed by atoms with E-state index in [0.717, 1.165) is 37.2 Å². The van der Waals surface area contributed by atoms with Crippen molar-refractivity contribution in [2.75, 3.05) is 20.1 Å². The third kappa shape index (κ3) is 5.68. The van der Waals surface area contributed by atoms with E-state index in [1.165, 1.54) is 0 Å². The van der Waals surface area contributed by atoms with Crippen molar-refractivity contribution in [2.45, 2.75) is 45.8 Å². The average molecular weight is 304 g/mol. The Morgan fingerprint density at radius 3 is 2.50 bits per heavy atom. The normalized spacial score (nSPS) is 16.7. The predicted octanol–water partition coefficient (Wildman–Crippen LogP) is 2.82. The molecule has 1 amide bonds. The number of carbonyl (C=O) groups is 1. The molecule has 4 heteroatoms. The van der Waals surface area contributed by atoms with Gasteiger partial charge in [0, 0.05) is 13.0 Å². The van der Waals surface area contributed by atoms with E-state index in [0.29, 0.717) is 18.9 Å². The Balaban J connectivity index is 1.71. The highest BCUT2D eigenvalue weighted by molar-refractivity contribution is 5.76. The van der Waals surface area contributed by atoms with Crippen LogP contribution in [0.3, 0.4) is 0 Å². The Morgan fingerprint density at radius 1 is 1.27 bits per heavy atom. The fourth-order valence-electron chi connectivity index (χ4n) is 2.76. The van der Waals surface area contributed by atoms with Gasteiger partial charge in [-0.05, 0) is 70.4 Å². The van der Waals surface area contributed by atoms with E-state index in [2.05, 4.69) is 17.3 Å². The van der Waals surface area contributed by atoms with Crippen LogP contribution < -0.4 is 10.1 Å². The number of nitrogens with zero attached hydrogens (tertiary/aromatic N) is 1. The van der Waals surface area contributed by atoms with E-state index in [-0.39, 0.29) is 12.0 Å². The van der Waals surface area contributed by atoms with Gasteiger partial charge in [-0.3, -0.25) is 4.79 Å². The summed E-state index contributed by atoms with van der Waals surface area (Å²) in [5.74, 6) is 1.58. The van der Waals surface area contributed by atoms with Gasteiger partial charge in [-0.2, -0.15) is 0 Å².